The zero-order valence-electron chi connectivity index (χ0n) is 14.8. The van der Waals surface area contributed by atoms with Crippen molar-refractivity contribution < 1.29 is 14.7 Å². The molecule has 0 saturated heterocycles. The lowest BCUT2D eigenvalue weighted by Gasteiger charge is -2.21. The molecule has 4 rings (SSSR count). The van der Waals surface area contributed by atoms with Crippen LogP contribution >= 0.6 is 0 Å². The summed E-state index contributed by atoms with van der Waals surface area (Å²) in [4.78, 5) is 30.5. The molecule has 2 atom stereocenters. The quantitative estimate of drug-likeness (QED) is 0.920. The molecule has 5 nitrogen and oxygen atoms in total. The van der Waals surface area contributed by atoms with Crippen molar-refractivity contribution in [1.29, 1.82) is 0 Å². The molecular weight excluding hydrogens is 328 g/mol. The Kier molecular flexibility index (Phi) is 4.23. The highest BCUT2D eigenvalue weighted by molar-refractivity contribution is 5.98. The monoisotopic (exact) mass is 350 g/mol. The normalized spacial score (nSPS) is 20.7. The number of carboxylic acid groups (broad SMARTS) is 1. The first kappa shape index (κ1) is 16.8. The second kappa shape index (κ2) is 6.56. The third-order valence-electron chi connectivity index (χ3n) is 5.53. The molecule has 0 radical (unpaired) electrons. The van der Waals surface area contributed by atoms with Crippen molar-refractivity contribution in [3.05, 3.63) is 58.9 Å². The van der Waals surface area contributed by atoms with Gasteiger partial charge in [0.15, 0.2) is 0 Å². The molecule has 0 bridgehead atoms. The van der Waals surface area contributed by atoms with Crippen LogP contribution in [0.15, 0.2) is 36.5 Å². The summed E-state index contributed by atoms with van der Waals surface area (Å²) in [7, 11) is 0. The zero-order chi connectivity index (χ0) is 18.3. The van der Waals surface area contributed by atoms with Crippen LogP contribution in [0.3, 0.4) is 0 Å². The van der Waals surface area contributed by atoms with Crippen LogP contribution in [0.25, 0.3) is 0 Å². The molecule has 1 amide bonds. The molecule has 2 aliphatic rings. The number of carbonyl (C=O) groups excluding carboxylic acids is 1. The Hall–Kier alpha value is -2.69. The van der Waals surface area contributed by atoms with Crippen molar-refractivity contribution in [2.24, 2.45) is 5.92 Å². The SMILES string of the molecule is Cc1ccc2c(c1)C(CCC(=O)O)CN2C(=O)C1Cc2cccnc2C1. The van der Waals surface area contributed by atoms with Crippen molar-refractivity contribution in [1.82, 2.24) is 4.98 Å². The van der Waals surface area contributed by atoms with E-state index in [4.69, 9.17) is 5.11 Å². The highest BCUT2D eigenvalue weighted by Gasteiger charge is 2.37. The van der Waals surface area contributed by atoms with Gasteiger partial charge in [0.1, 0.15) is 0 Å². The fourth-order valence-corrected chi connectivity index (χ4v) is 4.22. The van der Waals surface area contributed by atoms with E-state index >= 15 is 0 Å². The maximum atomic E-state index is 13.2. The highest BCUT2D eigenvalue weighted by Crippen LogP contribution is 2.41. The lowest BCUT2D eigenvalue weighted by molar-refractivity contribution is -0.137. The molecule has 2 heterocycles. The number of rotatable bonds is 4. The summed E-state index contributed by atoms with van der Waals surface area (Å²) in [5.74, 6) is -0.647. The third kappa shape index (κ3) is 2.98. The Morgan fingerprint density at radius 2 is 2.12 bits per heavy atom. The number of anilines is 1. The van der Waals surface area contributed by atoms with Crippen LogP contribution in [0.5, 0.6) is 0 Å². The second-order valence-electron chi connectivity index (χ2n) is 7.35. The number of benzene rings is 1. The Labute approximate surface area is 152 Å². The minimum atomic E-state index is -0.790. The van der Waals surface area contributed by atoms with Gasteiger partial charge >= 0.3 is 5.97 Å². The molecule has 1 aromatic heterocycles. The van der Waals surface area contributed by atoms with Crippen molar-refractivity contribution in [3.63, 3.8) is 0 Å². The van der Waals surface area contributed by atoms with E-state index in [1.54, 1.807) is 6.20 Å². The zero-order valence-corrected chi connectivity index (χ0v) is 14.8. The van der Waals surface area contributed by atoms with Gasteiger partial charge in [0, 0.05) is 48.8 Å². The van der Waals surface area contributed by atoms with E-state index in [9.17, 15) is 9.59 Å². The molecule has 5 heteroatoms. The van der Waals surface area contributed by atoms with E-state index in [0.29, 0.717) is 19.4 Å². The number of amides is 1. The predicted molar refractivity (Wildman–Crippen MR) is 98.3 cm³/mol. The van der Waals surface area contributed by atoms with E-state index < -0.39 is 5.97 Å². The Morgan fingerprint density at radius 3 is 2.88 bits per heavy atom. The van der Waals surface area contributed by atoms with E-state index in [0.717, 1.165) is 34.5 Å². The summed E-state index contributed by atoms with van der Waals surface area (Å²) in [5, 5.41) is 9.04. The predicted octanol–water partition coefficient (Wildman–Crippen LogP) is 3.10. The van der Waals surface area contributed by atoms with E-state index in [-0.39, 0.29) is 24.2 Å². The van der Waals surface area contributed by atoms with Crippen molar-refractivity contribution in [2.45, 2.75) is 38.5 Å². The largest absolute Gasteiger partial charge is 0.481 e. The van der Waals surface area contributed by atoms with Gasteiger partial charge in [-0.15, -0.1) is 0 Å². The van der Waals surface area contributed by atoms with Crippen LogP contribution in [0.1, 0.15) is 41.1 Å². The number of hydrogen-bond acceptors (Lipinski definition) is 3. The average molecular weight is 350 g/mol. The lowest BCUT2D eigenvalue weighted by Crippen LogP contribution is -2.36. The Bertz CT molecular complexity index is 852. The minimum Gasteiger partial charge on any atom is -0.481 e. The first-order chi connectivity index (χ1) is 12.5. The van der Waals surface area contributed by atoms with Gasteiger partial charge < -0.3 is 10.0 Å². The summed E-state index contributed by atoms with van der Waals surface area (Å²) in [6, 6.07) is 10.1. The van der Waals surface area contributed by atoms with E-state index in [2.05, 4.69) is 11.1 Å². The molecule has 2 unspecified atom stereocenters. The van der Waals surface area contributed by atoms with Crippen LogP contribution in [-0.4, -0.2) is 28.5 Å². The molecule has 0 spiro atoms. The van der Waals surface area contributed by atoms with Gasteiger partial charge in [-0.2, -0.15) is 0 Å². The number of aryl methyl sites for hydroxylation is 1. The fraction of sp³-hybridized carbons (Fsp3) is 0.381. The van der Waals surface area contributed by atoms with Crippen molar-refractivity contribution >= 4 is 17.6 Å². The molecule has 1 aliphatic heterocycles. The smallest absolute Gasteiger partial charge is 0.303 e. The van der Waals surface area contributed by atoms with Crippen molar-refractivity contribution in [2.75, 3.05) is 11.4 Å². The number of pyridine rings is 1. The van der Waals surface area contributed by atoms with E-state index in [1.807, 2.05) is 36.1 Å². The summed E-state index contributed by atoms with van der Waals surface area (Å²) in [5.41, 5.74) is 5.37. The summed E-state index contributed by atoms with van der Waals surface area (Å²) >= 11 is 0. The van der Waals surface area contributed by atoms with Gasteiger partial charge in [0.2, 0.25) is 5.91 Å². The minimum absolute atomic E-state index is 0.0766. The van der Waals surface area contributed by atoms with E-state index in [1.165, 1.54) is 0 Å². The molecule has 1 aliphatic carbocycles. The van der Waals surface area contributed by atoms with Gasteiger partial charge in [-0.05, 0) is 43.0 Å². The summed E-state index contributed by atoms with van der Waals surface area (Å²) in [6.45, 7) is 2.60. The van der Waals surface area contributed by atoms with Crippen molar-refractivity contribution in [3.8, 4) is 0 Å². The summed E-state index contributed by atoms with van der Waals surface area (Å²) < 4.78 is 0. The molecule has 0 saturated carbocycles. The van der Waals surface area contributed by atoms with Gasteiger partial charge in [-0.1, -0.05) is 23.8 Å². The lowest BCUT2D eigenvalue weighted by atomic mass is 9.95. The number of aliphatic carboxylic acids is 1. The molecular formula is C21H22N2O3. The molecule has 26 heavy (non-hydrogen) atoms. The molecule has 134 valence electrons. The number of nitrogens with zero attached hydrogens (tertiary/aromatic N) is 2. The van der Waals surface area contributed by atoms with Crippen LogP contribution in [0.2, 0.25) is 0 Å². The number of carboxylic acids is 1. The fourth-order valence-electron chi connectivity index (χ4n) is 4.22. The first-order valence-electron chi connectivity index (χ1n) is 9.09. The van der Waals surface area contributed by atoms with Crippen LogP contribution in [-0.2, 0) is 22.4 Å². The number of carbonyl (C=O) groups is 2. The topological polar surface area (TPSA) is 70.5 Å². The third-order valence-corrected chi connectivity index (χ3v) is 5.53. The first-order valence-corrected chi connectivity index (χ1v) is 9.09. The van der Waals surface area contributed by atoms with Gasteiger partial charge in [0.25, 0.3) is 0 Å². The van der Waals surface area contributed by atoms with Crippen LogP contribution < -0.4 is 4.90 Å². The van der Waals surface area contributed by atoms with Gasteiger partial charge in [0.05, 0.1) is 0 Å². The number of aromatic nitrogens is 1. The van der Waals surface area contributed by atoms with Gasteiger partial charge in [-0.3, -0.25) is 14.6 Å². The highest BCUT2D eigenvalue weighted by atomic mass is 16.4. The Morgan fingerprint density at radius 1 is 1.27 bits per heavy atom. The van der Waals surface area contributed by atoms with Gasteiger partial charge in [-0.25, -0.2) is 0 Å². The maximum Gasteiger partial charge on any atom is 0.303 e. The number of fused-ring (bicyclic) bond motifs is 2. The molecule has 0 fully saturated rings. The Balaban J connectivity index is 1.57. The van der Waals surface area contributed by atoms with Crippen LogP contribution in [0.4, 0.5) is 5.69 Å². The second-order valence-corrected chi connectivity index (χ2v) is 7.35. The number of hydrogen-bond donors (Lipinski definition) is 1. The molecule has 2 aromatic rings. The maximum absolute atomic E-state index is 13.2. The summed E-state index contributed by atoms with van der Waals surface area (Å²) in [6.07, 6.45) is 3.88. The molecule has 1 N–H and O–H groups in total. The molecule has 1 aromatic carbocycles. The average Bonchev–Trinajstić information content (AvgIpc) is 3.20. The standard InChI is InChI=1S/C21H22N2O3/c1-13-4-6-19-17(9-13)15(5-7-20(24)25)12-23(19)21(26)16-10-14-3-2-8-22-18(14)11-16/h2-4,6,8-9,15-16H,5,7,10-12H2,1H3,(H,24,25). The van der Waals surface area contributed by atoms with Crippen LogP contribution in [0, 0.1) is 12.8 Å².